The largest absolute Gasteiger partial charge is 0.497 e. The number of nitrogens with one attached hydrogen (secondary N) is 1. The van der Waals surface area contributed by atoms with E-state index < -0.39 is 23.9 Å². The molecule has 6 nitrogen and oxygen atoms in total. The molecule has 2 atom stereocenters. The number of ether oxygens (including phenoxy) is 2. The normalized spacial score (nSPS) is 14.1. The predicted molar refractivity (Wildman–Crippen MR) is 85.9 cm³/mol. The maximum Gasteiger partial charge on any atom is 0.407 e. The van der Waals surface area contributed by atoms with Crippen LogP contribution in [0.15, 0.2) is 22.7 Å². The number of carbonyl (C=O) groups excluding carboxylic acids is 1. The van der Waals surface area contributed by atoms with Crippen LogP contribution in [0.5, 0.6) is 5.75 Å². The maximum atomic E-state index is 11.5. The van der Waals surface area contributed by atoms with Crippen molar-refractivity contribution in [3.8, 4) is 5.75 Å². The number of benzene rings is 1. The zero-order valence-corrected chi connectivity index (χ0v) is 14.7. The van der Waals surface area contributed by atoms with Gasteiger partial charge in [0.1, 0.15) is 23.6 Å². The van der Waals surface area contributed by atoms with Gasteiger partial charge in [0, 0.05) is 11.0 Å². The zero-order valence-electron chi connectivity index (χ0n) is 13.1. The van der Waals surface area contributed by atoms with E-state index in [-0.39, 0.29) is 6.54 Å². The van der Waals surface area contributed by atoms with E-state index in [1.54, 1.807) is 39.0 Å². The van der Waals surface area contributed by atoms with Crippen LogP contribution in [0.2, 0.25) is 0 Å². The van der Waals surface area contributed by atoms with Gasteiger partial charge in [-0.05, 0) is 38.5 Å². The molecule has 2 unspecified atom stereocenters. The molecule has 22 heavy (non-hydrogen) atoms. The van der Waals surface area contributed by atoms with Gasteiger partial charge in [-0.1, -0.05) is 22.0 Å². The van der Waals surface area contributed by atoms with Gasteiger partial charge in [-0.3, -0.25) is 0 Å². The highest BCUT2D eigenvalue weighted by Crippen LogP contribution is 2.29. The van der Waals surface area contributed by atoms with Crippen LogP contribution < -0.4 is 10.1 Å². The Morgan fingerprint density at radius 1 is 1.36 bits per heavy atom. The fourth-order valence-corrected chi connectivity index (χ4v) is 2.29. The minimum absolute atomic E-state index is 0.130. The molecule has 0 aromatic heterocycles. The average Bonchev–Trinajstić information content (AvgIpc) is 2.42. The van der Waals surface area contributed by atoms with Crippen LogP contribution in [0.25, 0.3) is 0 Å². The Kier molecular flexibility index (Phi) is 6.65. The van der Waals surface area contributed by atoms with Crippen LogP contribution in [-0.4, -0.2) is 41.7 Å². The van der Waals surface area contributed by atoms with E-state index in [1.807, 2.05) is 0 Å². The minimum Gasteiger partial charge on any atom is -0.497 e. The average molecular weight is 376 g/mol. The summed E-state index contributed by atoms with van der Waals surface area (Å²) < 4.78 is 10.7. The molecule has 1 aromatic rings. The maximum absolute atomic E-state index is 11.5. The number of rotatable bonds is 5. The molecule has 0 saturated carbocycles. The molecule has 1 aromatic carbocycles. The summed E-state index contributed by atoms with van der Waals surface area (Å²) in [6, 6.07) is 5.01. The van der Waals surface area contributed by atoms with Gasteiger partial charge in [-0.2, -0.15) is 0 Å². The Balaban J connectivity index is 2.62. The van der Waals surface area contributed by atoms with E-state index in [1.165, 1.54) is 7.11 Å². The number of amides is 1. The van der Waals surface area contributed by atoms with E-state index in [9.17, 15) is 15.0 Å². The van der Waals surface area contributed by atoms with Gasteiger partial charge < -0.3 is 25.0 Å². The first-order chi connectivity index (χ1) is 10.1. The van der Waals surface area contributed by atoms with Crippen LogP contribution in [-0.2, 0) is 4.74 Å². The van der Waals surface area contributed by atoms with Gasteiger partial charge in [0.15, 0.2) is 0 Å². The molecule has 1 rings (SSSR count). The first-order valence-electron chi connectivity index (χ1n) is 6.80. The summed E-state index contributed by atoms with van der Waals surface area (Å²) in [7, 11) is 1.54. The molecule has 0 aliphatic heterocycles. The molecule has 0 saturated heterocycles. The number of methoxy groups -OCH3 is 1. The number of aliphatic hydroxyl groups is 2. The van der Waals surface area contributed by atoms with Gasteiger partial charge in [-0.25, -0.2) is 4.79 Å². The lowest BCUT2D eigenvalue weighted by molar-refractivity contribution is 0.0126. The first kappa shape index (κ1) is 18.7. The smallest absolute Gasteiger partial charge is 0.407 e. The van der Waals surface area contributed by atoms with Gasteiger partial charge in [0.25, 0.3) is 0 Å². The molecule has 0 heterocycles. The highest BCUT2D eigenvalue weighted by atomic mass is 79.9. The first-order valence-corrected chi connectivity index (χ1v) is 7.59. The summed E-state index contributed by atoms with van der Waals surface area (Å²) in [5, 5.41) is 22.6. The molecule has 0 bridgehead atoms. The highest BCUT2D eigenvalue weighted by molar-refractivity contribution is 9.10. The minimum atomic E-state index is -1.17. The molecular formula is C15H22BrNO5. The molecular weight excluding hydrogens is 354 g/mol. The molecule has 0 fully saturated rings. The van der Waals surface area contributed by atoms with Crippen LogP contribution in [0, 0.1) is 0 Å². The zero-order chi connectivity index (χ0) is 16.9. The predicted octanol–water partition coefficient (Wildman–Crippen LogP) is 2.38. The van der Waals surface area contributed by atoms with E-state index in [0.29, 0.717) is 15.8 Å². The number of halogens is 1. The van der Waals surface area contributed by atoms with Crippen LogP contribution >= 0.6 is 15.9 Å². The quantitative estimate of drug-likeness (QED) is 0.735. The van der Waals surface area contributed by atoms with Gasteiger partial charge in [0.2, 0.25) is 0 Å². The van der Waals surface area contributed by atoms with E-state index in [4.69, 9.17) is 9.47 Å². The summed E-state index contributed by atoms with van der Waals surface area (Å²) in [6.45, 7) is 5.10. The number of alkyl carbamates (subject to hydrolysis) is 1. The summed E-state index contributed by atoms with van der Waals surface area (Å²) in [5.41, 5.74) is -0.119. The topological polar surface area (TPSA) is 88.0 Å². The Bertz CT molecular complexity index is 515. The van der Waals surface area contributed by atoms with E-state index >= 15 is 0 Å². The van der Waals surface area contributed by atoms with Gasteiger partial charge in [0.05, 0.1) is 7.11 Å². The number of aliphatic hydroxyl groups excluding tert-OH is 2. The van der Waals surface area contributed by atoms with Crippen molar-refractivity contribution in [1.82, 2.24) is 5.32 Å². The molecule has 7 heteroatoms. The lowest BCUT2D eigenvalue weighted by Crippen LogP contribution is -2.38. The second-order valence-corrected chi connectivity index (χ2v) is 6.64. The van der Waals surface area contributed by atoms with Crippen molar-refractivity contribution in [3.63, 3.8) is 0 Å². The second kappa shape index (κ2) is 7.80. The molecule has 3 N–H and O–H groups in total. The summed E-state index contributed by atoms with van der Waals surface area (Å²) in [5.74, 6) is 0.629. The van der Waals surface area contributed by atoms with Crippen molar-refractivity contribution in [2.24, 2.45) is 0 Å². The fourth-order valence-electron chi connectivity index (χ4n) is 1.70. The van der Waals surface area contributed by atoms with Crippen molar-refractivity contribution in [3.05, 3.63) is 28.2 Å². The Labute approximate surface area is 138 Å². The Hall–Kier alpha value is -1.31. The van der Waals surface area contributed by atoms with E-state index in [0.717, 1.165) is 0 Å². The van der Waals surface area contributed by atoms with Gasteiger partial charge in [-0.15, -0.1) is 0 Å². The summed E-state index contributed by atoms with van der Waals surface area (Å²) in [4.78, 5) is 11.5. The third-order valence-electron chi connectivity index (χ3n) is 2.75. The SMILES string of the molecule is COc1ccc(C(O)C(O)CNC(=O)OC(C)(C)C)c(Br)c1. The molecule has 0 radical (unpaired) electrons. The van der Waals surface area contributed by atoms with Crippen molar-refractivity contribution in [1.29, 1.82) is 0 Å². The van der Waals surface area contributed by atoms with Crippen LogP contribution in [0.4, 0.5) is 4.79 Å². The van der Waals surface area contributed by atoms with E-state index in [2.05, 4.69) is 21.2 Å². The number of hydrogen-bond donors (Lipinski definition) is 3. The molecule has 0 spiro atoms. The second-order valence-electron chi connectivity index (χ2n) is 5.78. The van der Waals surface area contributed by atoms with Crippen LogP contribution in [0.3, 0.4) is 0 Å². The van der Waals surface area contributed by atoms with Crippen molar-refractivity contribution < 1.29 is 24.5 Å². The number of hydrogen-bond acceptors (Lipinski definition) is 5. The summed E-state index contributed by atoms with van der Waals surface area (Å²) in [6.07, 6.45) is -2.97. The molecule has 0 aliphatic rings. The lowest BCUT2D eigenvalue weighted by Gasteiger charge is -2.22. The number of carbonyl (C=O) groups is 1. The third-order valence-corrected chi connectivity index (χ3v) is 3.43. The van der Waals surface area contributed by atoms with Crippen molar-refractivity contribution in [2.45, 2.75) is 38.6 Å². The molecule has 0 aliphatic carbocycles. The Morgan fingerprint density at radius 3 is 2.50 bits per heavy atom. The monoisotopic (exact) mass is 375 g/mol. The summed E-state index contributed by atoms with van der Waals surface area (Å²) >= 11 is 3.31. The fraction of sp³-hybridized carbons (Fsp3) is 0.533. The van der Waals surface area contributed by atoms with Crippen LogP contribution in [0.1, 0.15) is 32.4 Å². The molecule has 1 amide bonds. The third kappa shape index (κ3) is 5.82. The standard InChI is InChI=1S/C15H22BrNO5/c1-15(2,3)22-14(20)17-8-12(18)13(19)10-6-5-9(21-4)7-11(10)16/h5-7,12-13,18-19H,8H2,1-4H3,(H,17,20). The van der Waals surface area contributed by atoms with Gasteiger partial charge >= 0.3 is 6.09 Å². The highest BCUT2D eigenvalue weighted by Gasteiger charge is 2.23. The Morgan fingerprint density at radius 2 is 2.00 bits per heavy atom. The van der Waals surface area contributed by atoms with Crippen molar-refractivity contribution >= 4 is 22.0 Å². The van der Waals surface area contributed by atoms with Crippen molar-refractivity contribution in [2.75, 3.05) is 13.7 Å². The molecule has 124 valence electrons. The lowest BCUT2D eigenvalue weighted by atomic mass is 10.0.